The molecule has 0 unspecified atom stereocenters. The molecule has 0 N–H and O–H groups in total. The molecule has 0 fully saturated rings. The molecule has 0 spiro atoms. The lowest BCUT2D eigenvalue weighted by molar-refractivity contribution is 1.37. The highest BCUT2D eigenvalue weighted by Gasteiger charge is 1.93. The molecule has 0 heterocycles. The van der Waals surface area contributed by atoms with E-state index in [-0.39, 0.29) is 0 Å². The lowest BCUT2D eigenvalue weighted by Gasteiger charge is -1.99. The van der Waals surface area contributed by atoms with E-state index in [0.717, 1.165) is 5.56 Å². The number of hydrogen-bond acceptors (Lipinski definition) is 1. The Kier molecular flexibility index (Phi) is 2.81. The predicted molar refractivity (Wildman–Crippen MR) is 53.7 cm³/mol. The van der Waals surface area contributed by atoms with Gasteiger partial charge in [0.25, 0.3) is 0 Å². The van der Waals surface area contributed by atoms with E-state index in [0.29, 0.717) is 0 Å². The molecule has 1 aromatic carbocycles. The Morgan fingerprint density at radius 2 is 2.08 bits per heavy atom. The quantitative estimate of drug-likeness (QED) is 0.588. The van der Waals surface area contributed by atoms with Crippen LogP contribution in [-0.2, 0) is 0 Å². The maximum absolute atomic E-state index is 3.97. The van der Waals surface area contributed by atoms with Gasteiger partial charge in [0.15, 0.2) is 0 Å². The Hall–Kier alpha value is -1.37. The maximum Gasteiger partial charge on any atom is 0.0342 e. The third-order valence-corrected chi connectivity index (χ3v) is 1.74. The highest BCUT2D eigenvalue weighted by Crippen LogP contribution is 2.07. The van der Waals surface area contributed by atoms with Gasteiger partial charge >= 0.3 is 0 Å². The van der Waals surface area contributed by atoms with Gasteiger partial charge in [0.1, 0.15) is 0 Å². The molecule has 12 heavy (non-hydrogen) atoms. The fourth-order valence-corrected chi connectivity index (χ4v) is 1.10. The molecule has 1 heteroatoms. The molecule has 0 saturated heterocycles. The van der Waals surface area contributed by atoms with Crippen LogP contribution < -0.4 is 0 Å². The lowest BCUT2D eigenvalue weighted by atomic mass is 10.1. The summed E-state index contributed by atoms with van der Waals surface area (Å²) in [4.78, 5) is 3.97. The van der Waals surface area contributed by atoms with Gasteiger partial charge < -0.3 is 0 Å². The monoisotopic (exact) mass is 159 g/mol. The third-order valence-electron chi connectivity index (χ3n) is 1.74. The summed E-state index contributed by atoms with van der Waals surface area (Å²) in [6.07, 6.45) is 3.36. The van der Waals surface area contributed by atoms with Crippen LogP contribution in [0.2, 0.25) is 0 Å². The standard InChI is InChI=1S/C11H13N/c1-4-12-8-11-6-5-9(2)7-10(11)3/h4-8H,1H2,2-3H3. The summed E-state index contributed by atoms with van der Waals surface area (Å²) in [7, 11) is 0. The van der Waals surface area contributed by atoms with Gasteiger partial charge in [-0.05, 0) is 25.0 Å². The van der Waals surface area contributed by atoms with E-state index in [1.165, 1.54) is 11.1 Å². The van der Waals surface area contributed by atoms with Crippen LogP contribution in [0.25, 0.3) is 0 Å². The van der Waals surface area contributed by atoms with Gasteiger partial charge in [-0.1, -0.05) is 30.3 Å². The van der Waals surface area contributed by atoms with Crippen molar-refractivity contribution in [2.75, 3.05) is 0 Å². The predicted octanol–water partition coefficient (Wildman–Crippen LogP) is 2.87. The second-order valence-electron chi connectivity index (χ2n) is 2.82. The third kappa shape index (κ3) is 2.06. The van der Waals surface area contributed by atoms with Crippen molar-refractivity contribution in [2.24, 2.45) is 4.99 Å². The first-order valence-corrected chi connectivity index (χ1v) is 3.95. The Balaban J connectivity index is 3.01. The topological polar surface area (TPSA) is 12.4 Å². The van der Waals surface area contributed by atoms with Gasteiger partial charge in [0, 0.05) is 12.4 Å². The normalized spacial score (nSPS) is 10.5. The van der Waals surface area contributed by atoms with Gasteiger partial charge in [0.2, 0.25) is 0 Å². The smallest absolute Gasteiger partial charge is 0.0342 e. The molecule has 0 atom stereocenters. The molecule has 0 aliphatic rings. The molecule has 1 rings (SSSR count). The SMILES string of the molecule is C=CN=Cc1ccc(C)cc1C. The minimum Gasteiger partial charge on any atom is -0.265 e. The van der Waals surface area contributed by atoms with Crippen LogP contribution in [0.15, 0.2) is 36.0 Å². The minimum atomic E-state index is 1.15. The summed E-state index contributed by atoms with van der Waals surface area (Å²) < 4.78 is 0. The van der Waals surface area contributed by atoms with Crippen LogP contribution in [0.1, 0.15) is 16.7 Å². The van der Waals surface area contributed by atoms with Crippen molar-refractivity contribution in [3.05, 3.63) is 47.7 Å². The minimum absolute atomic E-state index is 1.15. The second kappa shape index (κ2) is 3.86. The maximum atomic E-state index is 3.97. The van der Waals surface area contributed by atoms with Crippen LogP contribution in [0.4, 0.5) is 0 Å². The number of aryl methyl sites for hydroxylation is 2. The van der Waals surface area contributed by atoms with Crippen LogP contribution in [0, 0.1) is 13.8 Å². The van der Waals surface area contributed by atoms with Crippen molar-refractivity contribution in [2.45, 2.75) is 13.8 Å². The van der Waals surface area contributed by atoms with Crippen molar-refractivity contribution in [3.63, 3.8) is 0 Å². The molecule has 0 saturated carbocycles. The van der Waals surface area contributed by atoms with Crippen LogP contribution in [-0.4, -0.2) is 6.21 Å². The average molecular weight is 159 g/mol. The first-order chi connectivity index (χ1) is 5.74. The Morgan fingerprint density at radius 1 is 1.33 bits per heavy atom. The fourth-order valence-electron chi connectivity index (χ4n) is 1.10. The molecular weight excluding hydrogens is 146 g/mol. The number of rotatable bonds is 2. The number of hydrogen-bond donors (Lipinski definition) is 0. The molecule has 0 radical (unpaired) electrons. The van der Waals surface area contributed by atoms with Gasteiger partial charge in [-0.25, -0.2) is 0 Å². The summed E-state index contributed by atoms with van der Waals surface area (Å²) in [5.74, 6) is 0. The molecule has 0 aliphatic heterocycles. The van der Waals surface area contributed by atoms with E-state index in [1.54, 1.807) is 6.20 Å². The van der Waals surface area contributed by atoms with Crippen molar-refractivity contribution in [1.82, 2.24) is 0 Å². The highest BCUT2D eigenvalue weighted by molar-refractivity contribution is 5.82. The van der Waals surface area contributed by atoms with Crippen LogP contribution >= 0.6 is 0 Å². The van der Waals surface area contributed by atoms with E-state index in [4.69, 9.17) is 0 Å². The summed E-state index contributed by atoms with van der Waals surface area (Å²) in [6.45, 7) is 7.69. The molecule has 0 aromatic heterocycles. The van der Waals surface area contributed by atoms with Crippen molar-refractivity contribution < 1.29 is 0 Å². The molecular formula is C11H13N. The van der Waals surface area contributed by atoms with E-state index in [1.807, 2.05) is 6.21 Å². The Labute approximate surface area is 73.5 Å². The zero-order valence-electron chi connectivity index (χ0n) is 7.54. The first-order valence-electron chi connectivity index (χ1n) is 3.95. The molecule has 1 nitrogen and oxygen atoms in total. The summed E-state index contributed by atoms with van der Waals surface area (Å²) in [5.41, 5.74) is 3.68. The highest BCUT2D eigenvalue weighted by atomic mass is 14.7. The summed E-state index contributed by atoms with van der Waals surface area (Å²) >= 11 is 0. The lowest BCUT2D eigenvalue weighted by Crippen LogP contribution is -1.86. The van der Waals surface area contributed by atoms with Crippen LogP contribution in [0.5, 0.6) is 0 Å². The van der Waals surface area contributed by atoms with Crippen molar-refractivity contribution in [3.8, 4) is 0 Å². The summed E-state index contributed by atoms with van der Waals surface area (Å²) in [6, 6.07) is 6.29. The summed E-state index contributed by atoms with van der Waals surface area (Å²) in [5, 5.41) is 0. The number of aliphatic imine (C=N–C) groups is 1. The molecule has 1 aromatic rings. The van der Waals surface area contributed by atoms with Crippen LogP contribution in [0.3, 0.4) is 0 Å². The average Bonchev–Trinajstić information content (AvgIpc) is 2.03. The second-order valence-corrected chi connectivity index (χ2v) is 2.82. The first kappa shape index (κ1) is 8.72. The fraction of sp³-hybridized carbons (Fsp3) is 0.182. The molecule has 0 amide bonds. The zero-order valence-corrected chi connectivity index (χ0v) is 7.54. The zero-order chi connectivity index (χ0) is 8.97. The Morgan fingerprint density at radius 3 is 2.67 bits per heavy atom. The molecule has 0 bridgehead atoms. The number of nitrogens with zero attached hydrogens (tertiary/aromatic N) is 1. The van der Waals surface area contributed by atoms with E-state index < -0.39 is 0 Å². The Bertz CT molecular complexity index is 311. The van der Waals surface area contributed by atoms with E-state index >= 15 is 0 Å². The van der Waals surface area contributed by atoms with Crippen molar-refractivity contribution >= 4 is 6.21 Å². The number of benzene rings is 1. The van der Waals surface area contributed by atoms with Gasteiger partial charge in [-0.2, -0.15) is 0 Å². The largest absolute Gasteiger partial charge is 0.265 e. The van der Waals surface area contributed by atoms with E-state index in [9.17, 15) is 0 Å². The molecule has 0 aliphatic carbocycles. The van der Waals surface area contributed by atoms with Gasteiger partial charge in [0.05, 0.1) is 0 Å². The van der Waals surface area contributed by atoms with Crippen molar-refractivity contribution in [1.29, 1.82) is 0 Å². The van der Waals surface area contributed by atoms with Gasteiger partial charge in [-0.15, -0.1) is 0 Å². The van der Waals surface area contributed by atoms with Gasteiger partial charge in [-0.3, -0.25) is 4.99 Å². The molecule has 62 valence electrons. The van der Waals surface area contributed by atoms with E-state index in [2.05, 4.69) is 43.6 Å².